The number of allylic oxidation sites excluding steroid dienone is 4. The molecule has 0 fully saturated rings. The lowest BCUT2D eigenvalue weighted by Crippen LogP contribution is -2.47. The van der Waals surface area contributed by atoms with Crippen molar-refractivity contribution in [3.8, 4) is 0 Å². The Bertz CT molecular complexity index is 446. The minimum atomic E-state index is -2.68. The third kappa shape index (κ3) is 9.74. The Morgan fingerprint density at radius 3 is 1.80 bits per heavy atom. The molecule has 25 heavy (non-hydrogen) atoms. The van der Waals surface area contributed by atoms with Crippen molar-refractivity contribution in [2.75, 3.05) is 0 Å². The van der Waals surface area contributed by atoms with Gasteiger partial charge in [0.1, 0.15) is 9.85 Å². The monoisotopic (exact) mass is 354 g/mol. The van der Waals surface area contributed by atoms with Gasteiger partial charge in [0.05, 0.1) is 6.42 Å². The molecule has 0 radical (unpaired) electrons. The molecule has 0 atom stereocenters. The van der Waals surface area contributed by atoms with E-state index < -0.39 is 15.5 Å². The minimum absolute atomic E-state index is 0.161. The Kier molecular flexibility index (Phi) is 13.1. The van der Waals surface area contributed by atoms with E-state index in [0.717, 1.165) is 32.1 Å². The number of hydrogen-bond donors (Lipinski definition) is 0. The fraction of sp³-hybridized carbons (Fsp3) is 0.722. The largest absolute Gasteiger partial charge is 0.512 e. The van der Waals surface area contributed by atoms with E-state index in [0.29, 0.717) is 12.8 Å². The van der Waals surface area contributed by atoms with Crippen LogP contribution in [-0.4, -0.2) is 21.8 Å². The van der Waals surface area contributed by atoms with E-state index in [2.05, 4.69) is 31.2 Å². The summed E-state index contributed by atoms with van der Waals surface area (Å²) >= 11 is 0. The van der Waals surface area contributed by atoms with Crippen LogP contribution in [0.15, 0.2) is 24.3 Å². The summed E-state index contributed by atoms with van der Waals surface area (Å²) in [6, 6.07) is 0. The number of carbonyl (C=O) groups is 1. The lowest BCUT2D eigenvalue weighted by atomic mass is 10.0. The number of rotatable bonds is 16. The van der Waals surface area contributed by atoms with Gasteiger partial charge in [-0.2, -0.15) is 0 Å². The molecule has 0 heterocycles. The Labute approximate surface area is 149 Å². The number of nitrogens with zero attached hydrogens (tertiary/aromatic N) is 2. The van der Waals surface area contributed by atoms with Crippen LogP contribution in [0.5, 0.6) is 0 Å². The summed E-state index contributed by atoms with van der Waals surface area (Å²) in [5.74, 6) is 0. The Balaban J connectivity index is 3.76. The van der Waals surface area contributed by atoms with Crippen LogP contribution >= 0.6 is 0 Å². The maximum absolute atomic E-state index is 10.8. The molecule has 0 aliphatic carbocycles. The van der Waals surface area contributed by atoms with E-state index in [1.165, 1.54) is 19.3 Å². The van der Waals surface area contributed by atoms with Gasteiger partial charge in [-0.05, 0) is 38.5 Å². The summed E-state index contributed by atoms with van der Waals surface area (Å²) < 4.78 is 0. The summed E-state index contributed by atoms with van der Waals surface area (Å²) in [4.78, 5) is 30.1. The van der Waals surface area contributed by atoms with Crippen molar-refractivity contribution < 1.29 is 14.6 Å². The highest BCUT2D eigenvalue weighted by Crippen LogP contribution is 2.18. The zero-order valence-electron chi connectivity index (χ0n) is 15.1. The standard InChI is InChI=1S/C18H30N2O5/c1-2-3-4-5-6-7-8-9-10-11-12-13-14-15-16-18(17-21,19(22)23)20(24)25/h6-7,9-10,17H,2-5,8,11-16H2,1H3/b7-6+,10-9+. The first-order valence-corrected chi connectivity index (χ1v) is 9.06. The first kappa shape index (κ1) is 22.9. The quantitative estimate of drug-likeness (QED) is 0.0983. The van der Waals surface area contributed by atoms with Crippen molar-refractivity contribution in [3.05, 3.63) is 44.5 Å². The van der Waals surface area contributed by atoms with Gasteiger partial charge >= 0.3 is 5.66 Å². The Morgan fingerprint density at radius 1 is 0.800 bits per heavy atom. The van der Waals surface area contributed by atoms with Crippen LogP contribution in [0.2, 0.25) is 0 Å². The highest BCUT2D eigenvalue weighted by Gasteiger charge is 2.55. The van der Waals surface area contributed by atoms with Gasteiger partial charge in [0.15, 0.2) is 0 Å². The molecule has 0 spiro atoms. The average Bonchev–Trinajstić information content (AvgIpc) is 2.58. The fourth-order valence-corrected chi connectivity index (χ4v) is 2.41. The summed E-state index contributed by atoms with van der Waals surface area (Å²) in [5, 5.41) is 21.6. The van der Waals surface area contributed by atoms with Crippen molar-refractivity contribution in [3.63, 3.8) is 0 Å². The number of aldehydes is 1. The van der Waals surface area contributed by atoms with Crippen LogP contribution in [0.1, 0.15) is 77.6 Å². The van der Waals surface area contributed by atoms with Crippen LogP contribution in [0.4, 0.5) is 0 Å². The molecular formula is C18H30N2O5. The number of nitro groups is 2. The number of hydrogen-bond acceptors (Lipinski definition) is 5. The lowest BCUT2D eigenvalue weighted by Gasteiger charge is -2.10. The number of carbonyl (C=O) groups excluding carboxylic acids is 1. The molecule has 0 amide bonds. The summed E-state index contributed by atoms with van der Waals surface area (Å²) in [6.45, 7) is 2.19. The molecule has 0 aromatic heterocycles. The molecule has 0 N–H and O–H groups in total. The van der Waals surface area contributed by atoms with Gasteiger partial charge in [-0.1, -0.05) is 56.9 Å². The number of unbranched alkanes of at least 4 members (excludes halogenated alkanes) is 7. The van der Waals surface area contributed by atoms with Crippen molar-refractivity contribution >= 4 is 6.29 Å². The molecule has 0 aromatic carbocycles. The second-order valence-corrected chi connectivity index (χ2v) is 6.14. The third-order valence-electron chi connectivity index (χ3n) is 4.07. The van der Waals surface area contributed by atoms with Crippen molar-refractivity contribution in [2.24, 2.45) is 0 Å². The van der Waals surface area contributed by atoms with Gasteiger partial charge in [-0.25, -0.2) is 0 Å². The molecule has 0 aliphatic rings. The van der Waals surface area contributed by atoms with Gasteiger partial charge in [0, 0.05) is 0 Å². The van der Waals surface area contributed by atoms with E-state index in [9.17, 15) is 25.0 Å². The summed E-state index contributed by atoms with van der Waals surface area (Å²) in [6.07, 6.45) is 17.5. The van der Waals surface area contributed by atoms with Crippen molar-refractivity contribution in [1.82, 2.24) is 0 Å². The summed E-state index contributed by atoms with van der Waals surface area (Å²) in [5.41, 5.74) is -2.68. The smallest absolute Gasteiger partial charge is 0.287 e. The first-order valence-electron chi connectivity index (χ1n) is 9.06. The third-order valence-corrected chi connectivity index (χ3v) is 4.07. The van der Waals surface area contributed by atoms with Crippen molar-refractivity contribution in [2.45, 2.75) is 83.2 Å². The molecule has 0 aliphatic heterocycles. The van der Waals surface area contributed by atoms with Gasteiger partial charge < -0.3 is 0 Å². The molecule has 7 nitrogen and oxygen atoms in total. The maximum atomic E-state index is 10.8. The molecule has 0 rings (SSSR count). The zero-order valence-corrected chi connectivity index (χ0v) is 15.1. The van der Waals surface area contributed by atoms with Gasteiger partial charge in [0.25, 0.3) is 6.29 Å². The molecule has 142 valence electrons. The lowest BCUT2D eigenvalue weighted by molar-refractivity contribution is -0.774. The van der Waals surface area contributed by atoms with E-state index >= 15 is 0 Å². The highest BCUT2D eigenvalue weighted by atomic mass is 16.7. The molecule has 0 aromatic rings. The van der Waals surface area contributed by atoms with Crippen LogP contribution < -0.4 is 0 Å². The Hall–Kier alpha value is -2.05. The Morgan fingerprint density at radius 2 is 1.32 bits per heavy atom. The van der Waals surface area contributed by atoms with Crippen LogP contribution in [0, 0.1) is 20.2 Å². The summed E-state index contributed by atoms with van der Waals surface area (Å²) in [7, 11) is 0. The first-order chi connectivity index (χ1) is 12.0. The predicted octanol–water partition coefficient (Wildman–Crippen LogP) is 4.86. The average molecular weight is 354 g/mol. The van der Waals surface area contributed by atoms with Gasteiger partial charge in [0.2, 0.25) is 0 Å². The predicted molar refractivity (Wildman–Crippen MR) is 97.5 cm³/mol. The molecule has 0 saturated heterocycles. The van der Waals surface area contributed by atoms with Crippen LogP contribution in [0.3, 0.4) is 0 Å². The molecule has 0 saturated carbocycles. The normalized spacial score (nSPS) is 12.0. The minimum Gasteiger partial charge on any atom is -0.287 e. The van der Waals surface area contributed by atoms with Crippen LogP contribution in [0.25, 0.3) is 0 Å². The van der Waals surface area contributed by atoms with Crippen LogP contribution in [-0.2, 0) is 4.79 Å². The second kappa shape index (κ2) is 14.3. The van der Waals surface area contributed by atoms with E-state index in [4.69, 9.17) is 0 Å². The zero-order chi connectivity index (χ0) is 19.0. The van der Waals surface area contributed by atoms with E-state index in [-0.39, 0.29) is 12.7 Å². The fourth-order valence-electron chi connectivity index (χ4n) is 2.41. The SMILES string of the molecule is CCCCC/C=C/C/C=C/CCCCCCC(C=O)([N+](=O)[O-])[N+](=O)[O-]. The molecule has 7 heteroatoms. The highest BCUT2D eigenvalue weighted by molar-refractivity contribution is 5.59. The van der Waals surface area contributed by atoms with E-state index in [1.807, 2.05) is 0 Å². The second-order valence-electron chi connectivity index (χ2n) is 6.14. The molecular weight excluding hydrogens is 324 g/mol. The van der Waals surface area contributed by atoms with Gasteiger partial charge in [-0.15, -0.1) is 0 Å². The van der Waals surface area contributed by atoms with E-state index in [1.54, 1.807) is 0 Å². The maximum Gasteiger partial charge on any atom is 0.512 e. The molecule has 0 bridgehead atoms. The van der Waals surface area contributed by atoms with Gasteiger partial charge in [-0.3, -0.25) is 25.0 Å². The molecule has 0 unspecified atom stereocenters. The topological polar surface area (TPSA) is 103 Å². The van der Waals surface area contributed by atoms with Crippen molar-refractivity contribution in [1.29, 1.82) is 0 Å².